The highest BCUT2D eigenvalue weighted by atomic mass is 28.3. The zero-order valence-electron chi connectivity index (χ0n) is 34.8. The van der Waals surface area contributed by atoms with Crippen molar-refractivity contribution in [2.24, 2.45) is 0 Å². The van der Waals surface area contributed by atoms with E-state index >= 15 is 0 Å². The number of hydrogen-bond donors (Lipinski definition) is 0. The molecule has 0 amide bonds. The number of para-hydroxylation sites is 1. The van der Waals surface area contributed by atoms with Gasteiger partial charge in [-0.3, -0.25) is 0 Å². The molecule has 0 N–H and O–H groups in total. The maximum absolute atomic E-state index is 2.74. The van der Waals surface area contributed by atoms with Crippen LogP contribution in [-0.2, 0) is 5.41 Å². The van der Waals surface area contributed by atoms with Gasteiger partial charge >= 0.3 is 0 Å². The Bertz CT molecular complexity index is 3230. The standard InChI is InChI=1S/C61H43NSi/c1-6-21-44(22-7-1)45-23-20-26-47(41-45)61(46-24-8-2-9-25-46)57-35-18-16-33-53(57)54-39-37-49(42-58(54)61)62(48-27-10-3-11-28-48)50-38-40-56-55-34-17-19-36-59(55)63(60(56)43-50,51-29-12-4-13-30-51)52-31-14-5-15-32-52/h1-43H. The van der Waals surface area contributed by atoms with E-state index in [1.165, 1.54) is 76.4 Å². The van der Waals surface area contributed by atoms with Crippen LogP contribution in [0.3, 0.4) is 0 Å². The first-order chi connectivity index (χ1) is 31.3. The van der Waals surface area contributed by atoms with Crippen molar-refractivity contribution in [2.75, 3.05) is 4.90 Å². The molecule has 1 atom stereocenters. The van der Waals surface area contributed by atoms with Crippen LogP contribution in [0.4, 0.5) is 17.1 Å². The molecule has 2 heteroatoms. The number of benzene rings is 10. The van der Waals surface area contributed by atoms with Crippen LogP contribution in [0.5, 0.6) is 0 Å². The molecule has 0 aromatic heterocycles. The van der Waals surface area contributed by atoms with E-state index < -0.39 is 13.5 Å². The van der Waals surface area contributed by atoms with Gasteiger partial charge in [-0.15, -0.1) is 0 Å². The molecule has 0 saturated carbocycles. The molecule has 12 rings (SSSR count). The minimum atomic E-state index is -2.74. The third-order valence-corrected chi connectivity index (χ3v) is 18.5. The first-order valence-electron chi connectivity index (χ1n) is 21.9. The smallest absolute Gasteiger partial charge is 0.180 e. The summed E-state index contributed by atoms with van der Waals surface area (Å²) in [5, 5.41) is 5.66. The van der Waals surface area contributed by atoms with Crippen LogP contribution < -0.4 is 25.6 Å². The summed E-state index contributed by atoms with van der Waals surface area (Å²) in [6, 6.07) is 97.4. The van der Waals surface area contributed by atoms with Crippen LogP contribution in [0.25, 0.3) is 33.4 Å². The molecule has 1 aliphatic heterocycles. The summed E-state index contributed by atoms with van der Waals surface area (Å²) in [6.07, 6.45) is 0. The minimum Gasteiger partial charge on any atom is -0.310 e. The highest BCUT2D eigenvalue weighted by Gasteiger charge is 2.49. The molecular weight excluding hydrogens is 775 g/mol. The van der Waals surface area contributed by atoms with E-state index in [9.17, 15) is 0 Å². The fourth-order valence-electron chi connectivity index (χ4n) is 11.0. The second-order valence-corrected chi connectivity index (χ2v) is 20.5. The lowest BCUT2D eigenvalue weighted by atomic mass is 9.67. The van der Waals surface area contributed by atoms with Crippen LogP contribution in [-0.4, -0.2) is 8.07 Å². The summed E-state index contributed by atoms with van der Waals surface area (Å²) < 4.78 is 0. The largest absolute Gasteiger partial charge is 0.310 e. The van der Waals surface area contributed by atoms with Crippen LogP contribution in [0.2, 0.25) is 0 Å². The molecule has 0 saturated heterocycles. The Kier molecular flexibility index (Phi) is 8.81. The summed E-state index contributed by atoms with van der Waals surface area (Å²) in [6.45, 7) is 0. The van der Waals surface area contributed by atoms with Crippen molar-refractivity contribution in [1.29, 1.82) is 0 Å². The van der Waals surface area contributed by atoms with E-state index in [0.717, 1.165) is 17.1 Å². The lowest BCUT2D eigenvalue weighted by Gasteiger charge is -2.35. The Balaban J connectivity index is 1.12. The number of rotatable bonds is 8. The van der Waals surface area contributed by atoms with Gasteiger partial charge in [0.05, 0.1) is 5.41 Å². The summed E-state index contributed by atoms with van der Waals surface area (Å²) >= 11 is 0. The van der Waals surface area contributed by atoms with Crippen molar-refractivity contribution >= 4 is 45.9 Å². The normalized spacial score (nSPS) is 15.2. The Morgan fingerprint density at radius 1 is 0.286 bits per heavy atom. The zero-order chi connectivity index (χ0) is 41.8. The van der Waals surface area contributed by atoms with Crippen molar-refractivity contribution in [1.82, 2.24) is 0 Å². The zero-order valence-corrected chi connectivity index (χ0v) is 35.8. The fraction of sp³-hybridized carbons (Fsp3) is 0.0164. The molecule has 63 heavy (non-hydrogen) atoms. The van der Waals surface area contributed by atoms with Crippen LogP contribution in [0.15, 0.2) is 261 Å². The number of hydrogen-bond acceptors (Lipinski definition) is 1. The summed E-state index contributed by atoms with van der Waals surface area (Å²) in [7, 11) is -2.74. The maximum atomic E-state index is 2.53. The summed E-state index contributed by atoms with van der Waals surface area (Å²) in [5.41, 5.74) is 15.5. The van der Waals surface area contributed by atoms with E-state index in [1.807, 2.05) is 0 Å². The molecule has 0 bridgehead atoms. The monoisotopic (exact) mass is 817 g/mol. The molecule has 1 aliphatic carbocycles. The van der Waals surface area contributed by atoms with Gasteiger partial charge in [0.1, 0.15) is 0 Å². The predicted molar refractivity (Wildman–Crippen MR) is 266 cm³/mol. The van der Waals surface area contributed by atoms with E-state index in [2.05, 4.69) is 266 Å². The second kappa shape index (κ2) is 15.0. The average Bonchev–Trinajstić information content (AvgIpc) is 3.83. The molecular formula is C61H43NSi. The maximum Gasteiger partial charge on any atom is 0.180 e. The second-order valence-electron chi connectivity index (χ2n) is 16.8. The molecule has 10 aromatic carbocycles. The van der Waals surface area contributed by atoms with Crippen LogP contribution in [0.1, 0.15) is 22.3 Å². The minimum absolute atomic E-state index is 0.571. The van der Waals surface area contributed by atoms with Crippen molar-refractivity contribution in [3.05, 3.63) is 283 Å². The van der Waals surface area contributed by atoms with Gasteiger partial charge < -0.3 is 4.90 Å². The summed E-state index contributed by atoms with van der Waals surface area (Å²) in [4.78, 5) is 2.48. The molecule has 0 radical (unpaired) electrons. The van der Waals surface area contributed by atoms with Gasteiger partial charge in [-0.05, 0) is 119 Å². The van der Waals surface area contributed by atoms with Crippen molar-refractivity contribution in [3.63, 3.8) is 0 Å². The predicted octanol–water partition coefficient (Wildman–Crippen LogP) is 12.5. The van der Waals surface area contributed by atoms with Gasteiger partial charge in [0.25, 0.3) is 0 Å². The Hall–Kier alpha value is -7.78. The molecule has 1 unspecified atom stereocenters. The molecule has 10 aromatic rings. The highest BCUT2D eigenvalue weighted by Crippen LogP contribution is 2.57. The Morgan fingerprint density at radius 3 is 1.48 bits per heavy atom. The molecule has 2 aliphatic rings. The quantitative estimate of drug-likeness (QED) is 0.138. The first kappa shape index (κ1) is 37.0. The lowest BCUT2D eigenvalue weighted by Crippen LogP contribution is -2.72. The van der Waals surface area contributed by atoms with Gasteiger partial charge in [-0.25, -0.2) is 0 Å². The Labute approximate surface area is 370 Å². The van der Waals surface area contributed by atoms with Gasteiger partial charge in [-0.1, -0.05) is 218 Å². The van der Waals surface area contributed by atoms with Gasteiger partial charge in [0.2, 0.25) is 0 Å². The molecule has 0 fully saturated rings. The number of anilines is 3. The summed E-state index contributed by atoms with van der Waals surface area (Å²) in [5.74, 6) is 0. The first-order valence-corrected chi connectivity index (χ1v) is 23.9. The molecule has 1 heterocycles. The van der Waals surface area contributed by atoms with E-state index in [4.69, 9.17) is 0 Å². The van der Waals surface area contributed by atoms with Gasteiger partial charge in [0, 0.05) is 17.1 Å². The molecule has 0 spiro atoms. The van der Waals surface area contributed by atoms with Crippen molar-refractivity contribution in [3.8, 4) is 33.4 Å². The van der Waals surface area contributed by atoms with Crippen LogP contribution >= 0.6 is 0 Å². The van der Waals surface area contributed by atoms with Crippen molar-refractivity contribution in [2.45, 2.75) is 5.41 Å². The SMILES string of the molecule is c1ccc(-c2cccc(C3(c4ccccc4)c4ccccc4-c4ccc(N(c5ccccc5)c5ccc6c(c5)[Si](c5ccccc5)(c5ccccc5)c5ccccc5-6)cc43)c2)cc1. The van der Waals surface area contributed by atoms with Gasteiger partial charge in [0.15, 0.2) is 8.07 Å². The molecule has 296 valence electrons. The third kappa shape index (κ3) is 5.62. The van der Waals surface area contributed by atoms with E-state index in [0.29, 0.717) is 0 Å². The fourth-order valence-corrected chi connectivity index (χ4v) is 16.2. The van der Waals surface area contributed by atoms with Crippen molar-refractivity contribution < 1.29 is 0 Å². The van der Waals surface area contributed by atoms with E-state index in [-0.39, 0.29) is 0 Å². The highest BCUT2D eigenvalue weighted by molar-refractivity contribution is 7.22. The van der Waals surface area contributed by atoms with Gasteiger partial charge in [-0.2, -0.15) is 0 Å². The lowest BCUT2D eigenvalue weighted by molar-refractivity contribution is 0.769. The third-order valence-electron chi connectivity index (χ3n) is 13.6. The number of fused-ring (bicyclic) bond motifs is 6. The van der Waals surface area contributed by atoms with Crippen LogP contribution in [0, 0.1) is 0 Å². The number of nitrogens with zero attached hydrogens (tertiary/aromatic N) is 1. The average molecular weight is 818 g/mol. The van der Waals surface area contributed by atoms with E-state index in [1.54, 1.807) is 0 Å². The topological polar surface area (TPSA) is 3.24 Å². The molecule has 1 nitrogen and oxygen atoms in total. The Morgan fingerprint density at radius 2 is 0.778 bits per heavy atom.